The molecule has 1 aliphatic heterocycles. The Morgan fingerprint density at radius 1 is 1.17 bits per heavy atom. The summed E-state index contributed by atoms with van der Waals surface area (Å²) in [6, 6.07) is 7.35. The fourth-order valence-corrected chi connectivity index (χ4v) is 4.30. The van der Waals surface area contributed by atoms with Crippen molar-refractivity contribution in [3.63, 3.8) is 0 Å². The molecule has 2 aliphatic rings. The van der Waals surface area contributed by atoms with E-state index >= 15 is 0 Å². The summed E-state index contributed by atoms with van der Waals surface area (Å²) in [6.45, 7) is 8.05. The second-order valence-corrected chi connectivity index (χ2v) is 7.49. The van der Waals surface area contributed by atoms with Crippen LogP contribution >= 0.6 is 0 Å². The van der Waals surface area contributed by atoms with Gasteiger partial charge in [-0.15, -0.1) is 0 Å². The van der Waals surface area contributed by atoms with Crippen LogP contribution in [0.3, 0.4) is 0 Å². The summed E-state index contributed by atoms with van der Waals surface area (Å²) >= 11 is 0. The third-order valence-electron chi connectivity index (χ3n) is 5.80. The maximum absolute atomic E-state index is 5.01. The molecule has 1 aromatic heterocycles. The Kier molecular flexibility index (Phi) is 4.45. The number of piperidine rings is 1. The number of anilines is 1. The Labute approximate surface area is 145 Å². The molecule has 2 heterocycles. The first-order chi connectivity index (χ1) is 11.7. The summed E-state index contributed by atoms with van der Waals surface area (Å²) in [6.07, 6.45) is 7.40. The van der Waals surface area contributed by atoms with Gasteiger partial charge >= 0.3 is 0 Å². The molecule has 0 bridgehead atoms. The SMILES string of the molecule is CCN1CCC(Nc2c3c(nc4cc(C)ccc24)CCCC3)CC1. The summed E-state index contributed by atoms with van der Waals surface area (Å²) in [7, 11) is 0. The molecule has 0 amide bonds. The molecule has 128 valence electrons. The van der Waals surface area contributed by atoms with Crippen LogP contribution in [0.2, 0.25) is 0 Å². The number of rotatable bonds is 3. The number of hydrogen-bond donors (Lipinski definition) is 1. The van der Waals surface area contributed by atoms with E-state index in [-0.39, 0.29) is 0 Å². The van der Waals surface area contributed by atoms with Gasteiger partial charge in [0.15, 0.2) is 0 Å². The summed E-state index contributed by atoms with van der Waals surface area (Å²) in [5, 5.41) is 5.27. The Morgan fingerprint density at radius 2 is 1.96 bits per heavy atom. The van der Waals surface area contributed by atoms with Gasteiger partial charge in [0.05, 0.1) is 5.52 Å². The van der Waals surface area contributed by atoms with E-state index in [2.05, 4.69) is 42.3 Å². The molecule has 2 aromatic rings. The van der Waals surface area contributed by atoms with Gasteiger partial charge in [0.2, 0.25) is 0 Å². The summed E-state index contributed by atoms with van der Waals surface area (Å²) in [5.74, 6) is 0. The molecule has 0 saturated carbocycles. The van der Waals surface area contributed by atoms with Gasteiger partial charge < -0.3 is 10.2 Å². The first kappa shape index (κ1) is 15.9. The molecule has 1 N–H and O–H groups in total. The van der Waals surface area contributed by atoms with Crippen LogP contribution in [0.5, 0.6) is 0 Å². The number of likely N-dealkylation sites (tertiary alicyclic amines) is 1. The molecule has 3 nitrogen and oxygen atoms in total. The molecule has 1 fully saturated rings. The number of aromatic nitrogens is 1. The highest BCUT2D eigenvalue weighted by atomic mass is 15.1. The van der Waals surface area contributed by atoms with Crippen molar-refractivity contribution >= 4 is 16.6 Å². The van der Waals surface area contributed by atoms with E-state index in [9.17, 15) is 0 Å². The van der Waals surface area contributed by atoms with E-state index in [1.54, 1.807) is 0 Å². The molecule has 0 unspecified atom stereocenters. The third-order valence-corrected chi connectivity index (χ3v) is 5.80. The van der Waals surface area contributed by atoms with E-state index in [1.807, 2.05) is 0 Å². The highest BCUT2D eigenvalue weighted by Gasteiger charge is 2.23. The maximum atomic E-state index is 5.01. The number of nitrogens with zero attached hydrogens (tertiary/aromatic N) is 2. The van der Waals surface area contributed by atoms with Crippen LogP contribution in [-0.2, 0) is 12.8 Å². The lowest BCUT2D eigenvalue weighted by Crippen LogP contribution is -2.39. The lowest BCUT2D eigenvalue weighted by molar-refractivity contribution is 0.229. The van der Waals surface area contributed by atoms with Crippen LogP contribution in [0.1, 0.15) is 49.4 Å². The molecular formula is C21H29N3. The standard InChI is InChI=1S/C21H29N3/c1-3-24-12-10-16(11-13-24)22-21-17-6-4-5-7-19(17)23-20-14-15(2)8-9-18(20)21/h8-9,14,16H,3-7,10-13H2,1-2H3,(H,22,23). The molecule has 1 aliphatic carbocycles. The fourth-order valence-electron chi connectivity index (χ4n) is 4.30. The van der Waals surface area contributed by atoms with E-state index in [4.69, 9.17) is 4.98 Å². The molecule has 3 heteroatoms. The van der Waals surface area contributed by atoms with E-state index in [0.29, 0.717) is 6.04 Å². The van der Waals surface area contributed by atoms with Crippen LogP contribution in [0.4, 0.5) is 5.69 Å². The van der Waals surface area contributed by atoms with Crippen LogP contribution in [0.25, 0.3) is 10.9 Å². The number of fused-ring (bicyclic) bond motifs is 2. The van der Waals surface area contributed by atoms with Gasteiger partial charge in [0.1, 0.15) is 0 Å². The predicted octanol–water partition coefficient (Wildman–Crippen LogP) is 4.32. The second-order valence-electron chi connectivity index (χ2n) is 7.49. The number of pyridine rings is 1. The first-order valence-electron chi connectivity index (χ1n) is 9.65. The predicted molar refractivity (Wildman–Crippen MR) is 102 cm³/mol. The average molecular weight is 323 g/mol. The fraction of sp³-hybridized carbons (Fsp3) is 0.571. The lowest BCUT2D eigenvalue weighted by Gasteiger charge is -2.33. The molecule has 0 atom stereocenters. The van der Waals surface area contributed by atoms with Gasteiger partial charge in [-0.3, -0.25) is 4.98 Å². The van der Waals surface area contributed by atoms with Crippen LogP contribution < -0.4 is 5.32 Å². The Hall–Kier alpha value is -1.61. The molecule has 4 rings (SSSR count). The smallest absolute Gasteiger partial charge is 0.0728 e. The zero-order valence-electron chi connectivity index (χ0n) is 15.1. The van der Waals surface area contributed by atoms with Crippen LogP contribution in [0, 0.1) is 6.92 Å². The van der Waals surface area contributed by atoms with Crippen molar-refractivity contribution in [1.29, 1.82) is 0 Å². The van der Waals surface area contributed by atoms with Crippen LogP contribution in [-0.4, -0.2) is 35.6 Å². The van der Waals surface area contributed by atoms with Crippen molar-refractivity contribution in [3.8, 4) is 0 Å². The minimum atomic E-state index is 0.603. The van der Waals surface area contributed by atoms with Gasteiger partial charge in [-0.05, 0) is 69.2 Å². The molecular weight excluding hydrogens is 294 g/mol. The molecule has 24 heavy (non-hydrogen) atoms. The number of nitrogens with one attached hydrogen (secondary N) is 1. The van der Waals surface area contributed by atoms with E-state index in [0.717, 1.165) is 6.42 Å². The third kappa shape index (κ3) is 3.02. The van der Waals surface area contributed by atoms with Crippen LogP contribution in [0.15, 0.2) is 18.2 Å². The minimum absolute atomic E-state index is 0.603. The average Bonchev–Trinajstić information content (AvgIpc) is 2.62. The Morgan fingerprint density at radius 3 is 2.75 bits per heavy atom. The monoisotopic (exact) mass is 323 g/mol. The van der Waals surface area contributed by atoms with Crippen molar-refractivity contribution in [2.45, 2.75) is 58.4 Å². The van der Waals surface area contributed by atoms with Gasteiger partial charge in [0.25, 0.3) is 0 Å². The van der Waals surface area contributed by atoms with Gasteiger partial charge in [-0.2, -0.15) is 0 Å². The zero-order chi connectivity index (χ0) is 16.5. The first-order valence-corrected chi connectivity index (χ1v) is 9.65. The number of aryl methyl sites for hydroxylation is 2. The Balaban J connectivity index is 1.70. The molecule has 1 aromatic carbocycles. The normalized spacial score (nSPS) is 19.4. The van der Waals surface area contributed by atoms with Crippen molar-refractivity contribution < 1.29 is 0 Å². The van der Waals surface area contributed by atoms with E-state index in [1.165, 1.54) is 85.1 Å². The quantitative estimate of drug-likeness (QED) is 0.912. The number of benzene rings is 1. The van der Waals surface area contributed by atoms with Crippen molar-refractivity contribution in [2.24, 2.45) is 0 Å². The number of hydrogen-bond acceptors (Lipinski definition) is 3. The van der Waals surface area contributed by atoms with Gasteiger partial charge in [0, 0.05) is 35.9 Å². The van der Waals surface area contributed by atoms with Crippen molar-refractivity contribution in [1.82, 2.24) is 9.88 Å². The second kappa shape index (κ2) is 6.72. The Bertz CT molecular complexity index is 729. The molecule has 1 saturated heterocycles. The highest BCUT2D eigenvalue weighted by molar-refractivity contribution is 5.94. The topological polar surface area (TPSA) is 28.2 Å². The summed E-state index contributed by atoms with van der Waals surface area (Å²) < 4.78 is 0. The van der Waals surface area contributed by atoms with E-state index < -0.39 is 0 Å². The largest absolute Gasteiger partial charge is 0.381 e. The van der Waals surface area contributed by atoms with Crippen molar-refractivity contribution in [3.05, 3.63) is 35.0 Å². The van der Waals surface area contributed by atoms with Crippen molar-refractivity contribution in [2.75, 3.05) is 25.0 Å². The zero-order valence-corrected chi connectivity index (χ0v) is 15.1. The lowest BCUT2D eigenvalue weighted by atomic mass is 9.91. The highest BCUT2D eigenvalue weighted by Crippen LogP contribution is 2.35. The van der Waals surface area contributed by atoms with Gasteiger partial charge in [-0.1, -0.05) is 19.1 Å². The molecule has 0 radical (unpaired) electrons. The molecule has 0 spiro atoms. The minimum Gasteiger partial charge on any atom is -0.381 e. The maximum Gasteiger partial charge on any atom is 0.0728 e. The summed E-state index contributed by atoms with van der Waals surface area (Å²) in [5.41, 5.74) is 6.70. The summed E-state index contributed by atoms with van der Waals surface area (Å²) in [4.78, 5) is 7.56. The van der Waals surface area contributed by atoms with Gasteiger partial charge in [-0.25, -0.2) is 0 Å².